The van der Waals surface area contributed by atoms with E-state index in [0.29, 0.717) is 13.2 Å². The maximum atomic E-state index is 8.70. The zero-order chi connectivity index (χ0) is 20.9. The molecule has 0 atom stereocenters. The van der Waals surface area contributed by atoms with Crippen molar-refractivity contribution in [3.63, 3.8) is 0 Å². The Bertz CT molecular complexity index is 584. The minimum Gasteiger partial charge on any atom is -0.373 e. The minimum atomic E-state index is -2.87. The molecule has 146 valence electrons. The number of rotatable bonds is 5. The molecule has 0 heterocycles. The molecule has 4 N–H and O–H groups in total. The summed E-state index contributed by atoms with van der Waals surface area (Å²) in [4.78, 5) is 28.5. The van der Waals surface area contributed by atoms with Gasteiger partial charge in [0.1, 0.15) is 0 Å². The predicted octanol–water partition coefficient (Wildman–Crippen LogP) is 3.99. The third kappa shape index (κ3) is 23.9. The largest absolute Gasteiger partial charge is 0.692 e. The van der Waals surface area contributed by atoms with E-state index >= 15 is 0 Å². The van der Waals surface area contributed by atoms with Crippen LogP contribution in [0.15, 0.2) is 86.0 Å². The molecular weight excluding hydrogens is 390 g/mol. The first kappa shape index (κ1) is 27.1. The van der Waals surface area contributed by atoms with E-state index < -0.39 is 16.5 Å². The van der Waals surface area contributed by atoms with Crippen LogP contribution in [-0.2, 0) is 13.9 Å². The molecule has 9 heteroatoms. The molecule has 0 spiro atoms. The van der Waals surface area contributed by atoms with Gasteiger partial charge in [0.2, 0.25) is 0 Å². The van der Waals surface area contributed by atoms with E-state index in [1.54, 1.807) is 12.2 Å². The summed E-state index contributed by atoms with van der Waals surface area (Å²) in [5.41, 5.74) is 2.55. The van der Waals surface area contributed by atoms with Gasteiger partial charge in [-0.15, -0.1) is 32.7 Å². The van der Waals surface area contributed by atoms with Crippen molar-refractivity contribution in [1.82, 2.24) is 0 Å². The molecule has 0 amide bonds. The van der Waals surface area contributed by atoms with Gasteiger partial charge in [0.05, 0.1) is 13.2 Å². The van der Waals surface area contributed by atoms with Crippen LogP contribution in [0, 0.1) is 0 Å². The first-order valence-electron chi connectivity index (χ1n) is 7.45. The molecule has 7 nitrogen and oxygen atoms in total. The molecule has 0 saturated carbocycles. The fourth-order valence-electron chi connectivity index (χ4n) is 1.50. The molecule has 0 unspecified atom stereocenters. The van der Waals surface area contributed by atoms with Crippen molar-refractivity contribution in [3.05, 3.63) is 86.0 Å². The predicted molar refractivity (Wildman–Crippen MR) is 107 cm³/mol. The number of hydrogen-bond acceptors (Lipinski definition) is 3. The van der Waals surface area contributed by atoms with E-state index in [0.717, 1.165) is 0 Å². The van der Waals surface area contributed by atoms with Crippen LogP contribution < -0.4 is 0 Å². The quantitative estimate of drug-likeness (QED) is 0.331. The molecule has 27 heavy (non-hydrogen) atoms. The standard InChI is InChI=1S/C12H10.C6H10O.2HO3P/c1-3-7-11(8-4-1)12-9-5-2-6-10-12;1-3-5-7-6-4-2;2*1-4(2)3/h1-10H;3-4H,1-2,5-6H2;2*(H-,1,2,3)/p+2. The van der Waals surface area contributed by atoms with Crippen molar-refractivity contribution in [3.8, 4) is 11.1 Å². The van der Waals surface area contributed by atoms with Gasteiger partial charge in [0.15, 0.2) is 0 Å². The van der Waals surface area contributed by atoms with Crippen LogP contribution in [0.3, 0.4) is 0 Å². The summed E-state index contributed by atoms with van der Waals surface area (Å²) in [7, 11) is -5.74. The van der Waals surface area contributed by atoms with E-state index in [1.165, 1.54) is 11.1 Å². The Morgan fingerprint density at radius 1 is 0.704 bits per heavy atom. The molecule has 0 saturated heterocycles. The highest BCUT2D eigenvalue weighted by molar-refractivity contribution is 7.31. The fraction of sp³-hybridized carbons (Fsp3) is 0.111. The average molecular weight is 414 g/mol. The topological polar surface area (TPSA) is 124 Å². The molecular formula is C18H24O7P2+2. The minimum absolute atomic E-state index is 0.617. The lowest BCUT2D eigenvalue weighted by Gasteiger charge is -1.98. The summed E-state index contributed by atoms with van der Waals surface area (Å²) in [6.07, 6.45) is 3.42. The van der Waals surface area contributed by atoms with Gasteiger partial charge in [-0.3, -0.25) is 0 Å². The summed E-state index contributed by atoms with van der Waals surface area (Å²) in [5, 5.41) is 0. The highest BCUT2D eigenvalue weighted by Crippen LogP contribution is 2.17. The Morgan fingerprint density at radius 3 is 1.19 bits per heavy atom. The van der Waals surface area contributed by atoms with Gasteiger partial charge in [-0.05, 0) is 11.1 Å². The summed E-state index contributed by atoms with van der Waals surface area (Å²) >= 11 is 0. The maximum absolute atomic E-state index is 8.70. The number of hydrogen-bond donors (Lipinski definition) is 4. The van der Waals surface area contributed by atoms with E-state index in [9.17, 15) is 0 Å². The van der Waals surface area contributed by atoms with Crippen molar-refractivity contribution in [2.24, 2.45) is 0 Å². The van der Waals surface area contributed by atoms with Crippen molar-refractivity contribution < 1.29 is 33.4 Å². The van der Waals surface area contributed by atoms with Crippen LogP contribution in [0.1, 0.15) is 0 Å². The second-order valence-corrected chi connectivity index (χ2v) is 5.36. The molecule has 0 aliphatic rings. The van der Waals surface area contributed by atoms with Crippen LogP contribution >= 0.6 is 16.5 Å². The lowest BCUT2D eigenvalue weighted by molar-refractivity contribution is 0.194. The normalized spacial score (nSPS) is 8.30. The maximum Gasteiger partial charge on any atom is 0.692 e. The van der Waals surface area contributed by atoms with E-state index in [1.807, 2.05) is 12.1 Å². The van der Waals surface area contributed by atoms with Crippen LogP contribution in [0.2, 0.25) is 0 Å². The molecule has 0 radical (unpaired) electrons. The summed E-state index contributed by atoms with van der Waals surface area (Å²) < 4.78 is 22.3. The highest BCUT2D eigenvalue weighted by atomic mass is 31.1. The molecule has 0 aromatic heterocycles. The lowest BCUT2D eigenvalue weighted by atomic mass is 10.1. The highest BCUT2D eigenvalue weighted by Gasteiger charge is 1.93. The third-order valence-electron chi connectivity index (χ3n) is 2.35. The summed E-state index contributed by atoms with van der Waals surface area (Å²) in [5.74, 6) is 0. The zero-order valence-electron chi connectivity index (χ0n) is 14.7. The van der Waals surface area contributed by atoms with Gasteiger partial charge in [0, 0.05) is 9.13 Å². The van der Waals surface area contributed by atoms with Gasteiger partial charge in [-0.1, -0.05) is 72.8 Å². The Balaban J connectivity index is 0. The molecule has 0 bridgehead atoms. The fourth-order valence-corrected chi connectivity index (χ4v) is 1.50. The smallest absolute Gasteiger partial charge is 0.373 e. The van der Waals surface area contributed by atoms with Gasteiger partial charge in [0.25, 0.3) is 0 Å². The number of ether oxygens (including phenoxy) is 1. The molecule has 0 aliphatic carbocycles. The Kier molecular flexibility index (Phi) is 20.3. The zero-order valence-corrected chi connectivity index (χ0v) is 16.5. The van der Waals surface area contributed by atoms with Gasteiger partial charge in [-0.25, -0.2) is 0 Å². The Morgan fingerprint density at radius 2 is 0.963 bits per heavy atom. The first-order chi connectivity index (χ1) is 12.8. The Labute approximate surface area is 160 Å². The molecule has 0 aliphatic heterocycles. The van der Waals surface area contributed by atoms with Crippen LogP contribution in [-0.4, -0.2) is 32.8 Å². The molecule has 2 rings (SSSR count). The van der Waals surface area contributed by atoms with Crippen molar-refractivity contribution in [2.75, 3.05) is 13.2 Å². The molecule has 0 fully saturated rings. The van der Waals surface area contributed by atoms with E-state index in [2.05, 4.69) is 61.7 Å². The van der Waals surface area contributed by atoms with Crippen LogP contribution in [0.5, 0.6) is 0 Å². The van der Waals surface area contributed by atoms with Gasteiger partial charge < -0.3 is 4.74 Å². The SMILES string of the molecule is C=CCOCC=C.O=[P+](O)O.O=[P+](O)O.c1ccc(-c2ccccc2)cc1. The third-order valence-corrected chi connectivity index (χ3v) is 2.35. The van der Waals surface area contributed by atoms with Gasteiger partial charge in [-0.2, -0.15) is 0 Å². The van der Waals surface area contributed by atoms with E-state index in [-0.39, 0.29) is 0 Å². The van der Waals surface area contributed by atoms with Gasteiger partial charge >= 0.3 is 16.5 Å². The number of benzene rings is 2. The molecule has 2 aromatic carbocycles. The summed E-state index contributed by atoms with van der Waals surface area (Å²) in [6, 6.07) is 20.8. The monoisotopic (exact) mass is 414 g/mol. The van der Waals surface area contributed by atoms with E-state index in [4.69, 9.17) is 33.4 Å². The Hall–Kier alpha value is -2.08. The second-order valence-electron chi connectivity index (χ2n) is 4.35. The van der Waals surface area contributed by atoms with Crippen LogP contribution in [0.25, 0.3) is 11.1 Å². The second kappa shape index (κ2) is 20.2. The van der Waals surface area contributed by atoms with Crippen molar-refractivity contribution in [2.45, 2.75) is 0 Å². The lowest BCUT2D eigenvalue weighted by Crippen LogP contribution is -1.87. The van der Waals surface area contributed by atoms with Crippen LogP contribution in [0.4, 0.5) is 0 Å². The van der Waals surface area contributed by atoms with Crippen molar-refractivity contribution in [1.29, 1.82) is 0 Å². The summed E-state index contributed by atoms with van der Waals surface area (Å²) in [6.45, 7) is 8.18. The van der Waals surface area contributed by atoms with Crippen molar-refractivity contribution >= 4 is 16.5 Å². The average Bonchev–Trinajstić information content (AvgIpc) is 2.63. The molecule has 2 aromatic rings. The first-order valence-corrected chi connectivity index (χ1v) is 9.78.